The molecule has 1 N–H and O–H groups in total. The van der Waals surface area contributed by atoms with E-state index in [1.165, 1.54) is 4.90 Å². The van der Waals surface area contributed by atoms with E-state index in [-0.39, 0.29) is 29.5 Å². The summed E-state index contributed by atoms with van der Waals surface area (Å²) in [6, 6.07) is 5.01. The molecule has 3 amide bonds. The van der Waals surface area contributed by atoms with E-state index in [0.717, 1.165) is 24.2 Å². The van der Waals surface area contributed by atoms with Crippen LogP contribution in [-0.2, 0) is 10.2 Å². The molecular weight excluding hydrogens is 346 g/mol. The fourth-order valence-electron chi connectivity index (χ4n) is 4.43. The second-order valence-electron chi connectivity index (χ2n) is 7.98. The van der Waals surface area contributed by atoms with E-state index >= 15 is 0 Å². The molecule has 0 unspecified atom stereocenters. The Balaban J connectivity index is 1.31. The van der Waals surface area contributed by atoms with Crippen molar-refractivity contribution in [2.75, 3.05) is 6.61 Å². The fraction of sp³-hybridized carbons (Fsp3) is 0.550. The number of nitrogens with zero attached hydrogens (tertiary/aromatic N) is 2. The summed E-state index contributed by atoms with van der Waals surface area (Å²) >= 11 is 0. The number of nitrogens with one attached hydrogen (secondary N) is 1. The maximum atomic E-state index is 12.3. The molecule has 27 heavy (non-hydrogen) atoms. The SMILES string of the molecule is CC[C@H]1NC(=O)N(C2CC(Oc3ccc(C#N)c4c3C3(CC3)CO4)C2)C1=O. The van der Waals surface area contributed by atoms with Crippen LogP contribution >= 0.6 is 0 Å². The van der Waals surface area contributed by atoms with Gasteiger partial charge in [-0.05, 0) is 31.4 Å². The van der Waals surface area contributed by atoms with Gasteiger partial charge in [0.2, 0.25) is 0 Å². The second-order valence-corrected chi connectivity index (χ2v) is 7.98. The highest BCUT2D eigenvalue weighted by molar-refractivity contribution is 6.04. The Morgan fingerprint density at radius 1 is 1.37 bits per heavy atom. The summed E-state index contributed by atoms with van der Waals surface area (Å²) in [4.78, 5) is 25.8. The van der Waals surface area contributed by atoms with Gasteiger partial charge in [-0.2, -0.15) is 5.26 Å². The summed E-state index contributed by atoms with van der Waals surface area (Å²) in [5.74, 6) is 1.32. The van der Waals surface area contributed by atoms with Crippen LogP contribution in [0.4, 0.5) is 4.79 Å². The van der Waals surface area contributed by atoms with Crippen molar-refractivity contribution in [2.24, 2.45) is 0 Å². The van der Waals surface area contributed by atoms with Crippen molar-refractivity contribution in [3.8, 4) is 17.6 Å². The number of hydrogen-bond donors (Lipinski definition) is 1. The topological polar surface area (TPSA) is 91.7 Å². The lowest BCUT2D eigenvalue weighted by molar-refractivity contribution is -0.131. The predicted molar refractivity (Wildman–Crippen MR) is 94.5 cm³/mol. The molecule has 0 radical (unpaired) electrons. The van der Waals surface area contributed by atoms with Gasteiger partial charge in [0, 0.05) is 29.9 Å². The average molecular weight is 367 g/mol. The Morgan fingerprint density at radius 3 is 2.78 bits per heavy atom. The molecule has 1 spiro atoms. The van der Waals surface area contributed by atoms with E-state index in [1.807, 2.05) is 13.0 Å². The highest BCUT2D eigenvalue weighted by Gasteiger charge is 2.54. The molecular formula is C20H21N3O4. The van der Waals surface area contributed by atoms with Crippen molar-refractivity contribution in [2.45, 2.75) is 62.6 Å². The minimum Gasteiger partial charge on any atom is -0.491 e. The van der Waals surface area contributed by atoms with Crippen LogP contribution in [0.2, 0.25) is 0 Å². The van der Waals surface area contributed by atoms with Gasteiger partial charge in [-0.3, -0.25) is 9.69 Å². The smallest absolute Gasteiger partial charge is 0.325 e. The van der Waals surface area contributed by atoms with E-state index in [4.69, 9.17) is 9.47 Å². The number of ether oxygens (including phenoxy) is 2. The van der Waals surface area contributed by atoms with Gasteiger partial charge in [0.25, 0.3) is 5.91 Å². The van der Waals surface area contributed by atoms with Gasteiger partial charge in [0.15, 0.2) is 0 Å². The summed E-state index contributed by atoms with van der Waals surface area (Å²) in [6.45, 7) is 2.51. The first kappa shape index (κ1) is 16.4. The lowest BCUT2D eigenvalue weighted by Crippen LogP contribution is -2.52. The van der Waals surface area contributed by atoms with Crippen molar-refractivity contribution in [3.63, 3.8) is 0 Å². The third-order valence-electron chi connectivity index (χ3n) is 6.31. The number of carbonyl (C=O) groups excluding carboxylic acids is 2. The minimum absolute atomic E-state index is 0.0137. The van der Waals surface area contributed by atoms with Crippen molar-refractivity contribution in [1.29, 1.82) is 5.26 Å². The third kappa shape index (κ3) is 2.32. The fourth-order valence-corrected chi connectivity index (χ4v) is 4.43. The molecule has 2 saturated carbocycles. The molecule has 0 bridgehead atoms. The normalized spacial score (nSPS) is 29.6. The minimum atomic E-state index is -0.397. The van der Waals surface area contributed by atoms with Crippen molar-refractivity contribution in [3.05, 3.63) is 23.3 Å². The zero-order chi connectivity index (χ0) is 18.8. The Labute approximate surface area is 157 Å². The van der Waals surface area contributed by atoms with Crippen LogP contribution in [0.5, 0.6) is 11.5 Å². The largest absolute Gasteiger partial charge is 0.491 e. The van der Waals surface area contributed by atoms with E-state index in [2.05, 4.69) is 11.4 Å². The number of nitriles is 1. The highest BCUT2D eigenvalue weighted by atomic mass is 16.5. The summed E-state index contributed by atoms with van der Waals surface area (Å²) < 4.78 is 12.0. The van der Waals surface area contributed by atoms with Gasteiger partial charge in [0.1, 0.15) is 29.7 Å². The molecule has 4 aliphatic rings. The molecule has 2 heterocycles. The first-order chi connectivity index (χ1) is 13.1. The van der Waals surface area contributed by atoms with E-state index in [9.17, 15) is 14.9 Å². The number of benzene rings is 1. The number of rotatable bonds is 4. The van der Waals surface area contributed by atoms with Crippen LogP contribution in [-0.4, -0.2) is 41.6 Å². The van der Waals surface area contributed by atoms with Crippen molar-refractivity contribution >= 4 is 11.9 Å². The number of amides is 3. The number of urea groups is 1. The highest BCUT2D eigenvalue weighted by Crippen LogP contribution is 2.59. The monoisotopic (exact) mass is 367 g/mol. The van der Waals surface area contributed by atoms with Crippen LogP contribution in [0, 0.1) is 11.3 Å². The summed E-state index contributed by atoms with van der Waals surface area (Å²) in [6.07, 6.45) is 3.95. The molecule has 3 fully saturated rings. The molecule has 7 heteroatoms. The number of imide groups is 1. The lowest BCUT2D eigenvalue weighted by Gasteiger charge is -2.39. The van der Waals surface area contributed by atoms with Gasteiger partial charge >= 0.3 is 6.03 Å². The average Bonchev–Trinajstić information content (AvgIpc) is 3.23. The molecule has 2 aliphatic carbocycles. The van der Waals surface area contributed by atoms with E-state index < -0.39 is 6.04 Å². The quantitative estimate of drug-likeness (QED) is 0.824. The maximum absolute atomic E-state index is 12.3. The zero-order valence-electron chi connectivity index (χ0n) is 15.2. The molecule has 0 aromatic heterocycles. The predicted octanol–water partition coefficient (Wildman–Crippen LogP) is 2.22. The Morgan fingerprint density at radius 2 is 2.15 bits per heavy atom. The Hall–Kier alpha value is -2.75. The number of carbonyl (C=O) groups is 2. The standard InChI is InChI=1S/C20H21N3O4/c1-2-14-18(24)23(19(25)22-14)12-7-13(8-12)27-15-4-3-11(9-21)17-16(15)20(5-6-20)10-26-17/h3-4,12-14H,2,5-8,10H2,1H3,(H,22,25)/t12?,13?,14-/m1/s1. The van der Waals surface area contributed by atoms with Crippen LogP contribution in [0.1, 0.15) is 50.2 Å². The molecule has 1 atom stereocenters. The molecule has 5 rings (SSSR count). The van der Waals surface area contributed by atoms with Gasteiger partial charge in [-0.15, -0.1) is 0 Å². The van der Waals surface area contributed by atoms with Crippen LogP contribution in [0.3, 0.4) is 0 Å². The maximum Gasteiger partial charge on any atom is 0.325 e. The molecule has 7 nitrogen and oxygen atoms in total. The lowest BCUT2D eigenvalue weighted by atomic mass is 9.87. The Bertz CT molecular complexity index is 880. The van der Waals surface area contributed by atoms with Gasteiger partial charge in [0.05, 0.1) is 12.2 Å². The molecule has 2 aliphatic heterocycles. The zero-order valence-corrected chi connectivity index (χ0v) is 15.2. The Kier molecular flexibility index (Phi) is 3.42. The van der Waals surface area contributed by atoms with E-state index in [0.29, 0.717) is 37.2 Å². The summed E-state index contributed by atoms with van der Waals surface area (Å²) in [5.41, 5.74) is 1.60. The van der Waals surface area contributed by atoms with Gasteiger partial charge in [-0.25, -0.2) is 4.79 Å². The van der Waals surface area contributed by atoms with Crippen molar-refractivity contribution in [1.82, 2.24) is 10.2 Å². The van der Waals surface area contributed by atoms with Gasteiger partial charge in [-0.1, -0.05) is 6.92 Å². The first-order valence-electron chi connectivity index (χ1n) is 9.57. The molecule has 140 valence electrons. The van der Waals surface area contributed by atoms with E-state index in [1.54, 1.807) is 6.07 Å². The molecule has 1 saturated heterocycles. The summed E-state index contributed by atoms with van der Waals surface area (Å²) in [7, 11) is 0. The van der Waals surface area contributed by atoms with Crippen LogP contribution < -0.4 is 14.8 Å². The van der Waals surface area contributed by atoms with Crippen LogP contribution in [0.25, 0.3) is 0 Å². The summed E-state index contributed by atoms with van der Waals surface area (Å²) in [5, 5.41) is 12.1. The molecule has 1 aromatic carbocycles. The number of hydrogen-bond acceptors (Lipinski definition) is 5. The number of fused-ring (bicyclic) bond motifs is 2. The molecule has 1 aromatic rings. The second kappa shape index (κ2) is 5.62. The van der Waals surface area contributed by atoms with Gasteiger partial charge < -0.3 is 14.8 Å². The first-order valence-corrected chi connectivity index (χ1v) is 9.57. The third-order valence-corrected chi connectivity index (χ3v) is 6.31. The van der Waals surface area contributed by atoms with Crippen molar-refractivity contribution < 1.29 is 19.1 Å². The van der Waals surface area contributed by atoms with Crippen LogP contribution in [0.15, 0.2) is 12.1 Å².